The summed E-state index contributed by atoms with van der Waals surface area (Å²) < 4.78 is 11.4. The molecular weight excluding hydrogens is 402 g/mol. The van der Waals surface area contributed by atoms with Crippen LogP contribution in [0, 0.1) is 27.7 Å². The summed E-state index contributed by atoms with van der Waals surface area (Å²) in [7, 11) is 0. The average molecular weight is 434 g/mol. The highest BCUT2D eigenvalue weighted by molar-refractivity contribution is 5.93. The highest BCUT2D eigenvalue weighted by Crippen LogP contribution is 2.23. The summed E-state index contributed by atoms with van der Waals surface area (Å²) in [6.45, 7) is 12.2. The number of aryl methyl sites for hydroxylation is 4. The zero-order chi connectivity index (χ0) is 22.7. The average Bonchev–Trinajstić information content (AvgIpc) is 3.15. The molecule has 0 N–H and O–H groups in total. The van der Waals surface area contributed by atoms with Gasteiger partial charge < -0.3 is 14.2 Å². The van der Waals surface area contributed by atoms with Gasteiger partial charge in [-0.05, 0) is 50.5 Å². The van der Waals surface area contributed by atoms with Crippen molar-refractivity contribution in [2.24, 2.45) is 0 Å². The van der Waals surface area contributed by atoms with Crippen LogP contribution in [0.2, 0.25) is 0 Å². The van der Waals surface area contributed by atoms with Gasteiger partial charge >= 0.3 is 0 Å². The van der Waals surface area contributed by atoms with Gasteiger partial charge in [0, 0.05) is 32.7 Å². The van der Waals surface area contributed by atoms with E-state index in [1.54, 1.807) is 0 Å². The third-order valence-electron chi connectivity index (χ3n) is 6.20. The monoisotopic (exact) mass is 433 g/mol. The maximum Gasteiger partial charge on any atom is 0.276 e. The molecule has 1 saturated heterocycles. The van der Waals surface area contributed by atoms with E-state index in [0.29, 0.717) is 24.5 Å². The van der Waals surface area contributed by atoms with Crippen LogP contribution in [0.1, 0.15) is 44.1 Å². The van der Waals surface area contributed by atoms with Gasteiger partial charge in [0.2, 0.25) is 0 Å². The van der Waals surface area contributed by atoms with E-state index >= 15 is 0 Å². The van der Waals surface area contributed by atoms with Crippen LogP contribution in [0.3, 0.4) is 0 Å². The molecule has 3 aromatic rings. The van der Waals surface area contributed by atoms with Crippen molar-refractivity contribution >= 4 is 5.91 Å². The molecule has 1 aliphatic heterocycles. The molecule has 0 atom stereocenters. The predicted octanol–water partition coefficient (Wildman–Crippen LogP) is 4.45. The van der Waals surface area contributed by atoms with Gasteiger partial charge in [-0.25, -0.2) is 0 Å². The lowest BCUT2D eigenvalue weighted by atomic mass is 10.1. The molecule has 168 valence electrons. The van der Waals surface area contributed by atoms with E-state index < -0.39 is 0 Å². The standard InChI is InChI=1S/C26H31N3O3/c1-18-9-10-24(20(3)15-18)31-17-23-21(4)32-27-25(23)26(30)29-13-11-28(12-14-29)16-22-8-6-5-7-19(22)2/h5-10,15H,11-14,16-17H2,1-4H3. The number of aromatic nitrogens is 1. The van der Waals surface area contributed by atoms with Gasteiger partial charge in [-0.2, -0.15) is 0 Å². The number of ether oxygens (including phenoxy) is 1. The van der Waals surface area contributed by atoms with Gasteiger partial charge in [-0.1, -0.05) is 47.1 Å². The van der Waals surface area contributed by atoms with Crippen molar-refractivity contribution in [3.63, 3.8) is 0 Å². The molecule has 0 bridgehead atoms. The Morgan fingerprint density at radius 2 is 1.75 bits per heavy atom. The molecule has 0 unspecified atom stereocenters. The van der Waals surface area contributed by atoms with Crippen molar-refractivity contribution < 1.29 is 14.1 Å². The second kappa shape index (κ2) is 9.57. The summed E-state index contributed by atoms with van der Waals surface area (Å²) in [4.78, 5) is 17.5. The van der Waals surface area contributed by atoms with E-state index in [2.05, 4.69) is 54.2 Å². The lowest BCUT2D eigenvalue weighted by molar-refractivity contribution is 0.0616. The minimum Gasteiger partial charge on any atom is -0.488 e. The van der Waals surface area contributed by atoms with Gasteiger partial charge in [0.25, 0.3) is 5.91 Å². The van der Waals surface area contributed by atoms with E-state index in [0.717, 1.165) is 36.5 Å². The van der Waals surface area contributed by atoms with E-state index in [4.69, 9.17) is 9.26 Å². The fourth-order valence-electron chi connectivity index (χ4n) is 4.13. The van der Waals surface area contributed by atoms with Crippen LogP contribution < -0.4 is 4.74 Å². The first kappa shape index (κ1) is 22.1. The minimum atomic E-state index is -0.0865. The molecule has 2 heterocycles. The number of hydrogen-bond donors (Lipinski definition) is 0. The molecule has 1 aliphatic rings. The highest BCUT2D eigenvalue weighted by atomic mass is 16.5. The minimum absolute atomic E-state index is 0.0865. The van der Waals surface area contributed by atoms with Gasteiger partial charge in [0.1, 0.15) is 18.1 Å². The Kier molecular flexibility index (Phi) is 6.61. The topological polar surface area (TPSA) is 58.8 Å². The number of amides is 1. The van der Waals surface area contributed by atoms with Gasteiger partial charge in [0.15, 0.2) is 5.69 Å². The fourth-order valence-corrected chi connectivity index (χ4v) is 4.13. The van der Waals surface area contributed by atoms with Crippen molar-refractivity contribution in [1.29, 1.82) is 0 Å². The Hall–Kier alpha value is -3.12. The first-order chi connectivity index (χ1) is 15.4. The molecule has 6 nitrogen and oxygen atoms in total. The zero-order valence-corrected chi connectivity index (χ0v) is 19.4. The van der Waals surface area contributed by atoms with E-state index in [9.17, 15) is 4.79 Å². The molecular formula is C26H31N3O3. The molecule has 6 heteroatoms. The highest BCUT2D eigenvalue weighted by Gasteiger charge is 2.28. The SMILES string of the molecule is Cc1ccc(OCc2c(C(=O)N3CCN(Cc4ccccc4C)CC3)noc2C)c(C)c1. The summed E-state index contributed by atoms with van der Waals surface area (Å²) in [5.74, 6) is 1.34. The van der Waals surface area contributed by atoms with Crippen LogP contribution >= 0.6 is 0 Å². The Balaban J connectivity index is 1.38. The summed E-state index contributed by atoms with van der Waals surface area (Å²) >= 11 is 0. The van der Waals surface area contributed by atoms with Crippen molar-refractivity contribution in [3.05, 3.63) is 81.7 Å². The van der Waals surface area contributed by atoms with Crippen LogP contribution in [-0.2, 0) is 13.2 Å². The van der Waals surface area contributed by atoms with Crippen LogP contribution in [0.25, 0.3) is 0 Å². The quantitative estimate of drug-likeness (QED) is 0.575. The number of rotatable bonds is 6. The second-order valence-electron chi connectivity index (χ2n) is 8.62. The Morgan fingerprint density at radius 3 is 2.47 bits per heavy atom. The third-order valence-corrected chi connectivity index (χ3v) is 6.20. The van der Waals surface area contributed by atoms with Gasteiger partial charge in [0.05, 0.1) is 5.56 Å². The van der Waals surface area contributed by atoms with Crippen molar-refractivity contribution in [3.8, 4) is 5.75 Å². The first-order valence-corrected chi connectivity index (χ1v) is 11.1. The number of benzene rings is 2. The normalized spacial score (nSPS) is 14.6. The summed E-state index contributed by atoms with van der Waals surface area (Å²) in [6, 6.07) is 14.5. The largest absolute Gasteiger partial charge is 0.488 e. The Labute approximate surface area is 189 Å². The number of nitrogens with zero attached hydrogens (tertiary/aromatic N) is 3. The molecule has 0 radical (unpaired) electrons. The summed E-state index contributed by atoms with van der Waals surface area (Å²) in [5.41, 5.74) is 5.98. The van der Waals surface area contributed by atoms with E-state index in [-0.39, 0.29) is 12.5 Å². The molecule has 0 aliphatic carbocycles. The zero-order valence-electron chi connectivity index (χ0n) is 19.4. The molecule has 32 heavy (non-hydrogen) atoms. The number of piperazine rings is 1. The predicted molar refractivity (Wildman–Crippen MR) is 124 cm³/mol. The molecule has 2 aromatic carbocycles. The molecule has 0 spiro atoms. The molecule has 1 aromatic heterocycles. The molecule has 4 rings (SSSR count). The number of hydrogen-bond acceptors (Lipinski definition) is 5. The van der Waals surface area contributed by atoms with Crippen LogP contribution in [-0.4, -0.2) is 47.0 Å². The van der Waals surface area contributed by atoms with E-state index in [1.807, 2.05) is 30.9 Å². The van der Waals surface area contributed by atoms with Crippen molar-refractivity contribution in [1.82, 2.24) is 15.0 Å². The van der Waals surface area contributed by atoms with Gasteiger partial charge in [-0.3, -0.25) is 9.69 Å². The maximum atomic E-state index is 13.2. The number of carbonyl (C=O) groups excluding carboxylic acids is 1. The second-order valence-corrected chi connectivity index (χ2v) is 8.62. The molecule has 0 saturated carbocycles. The third kappa shape index (κ3) is 4.86. The van der Waals surface area contributed by atoms with Crippen molar-refractivity contribution in [2.75, 3.05) is 26.2 Å². The van der Waals surface area contributed by atoms with Crippen LogP contribution in [0.15, 0.2) is 47.0 Å². The summed E-state index contributed by atoms with van der Waals surface area (Å²) in [6.07, 6.45) is 0. The Bertz CT molecular complexity index is 1100. The first-order valence-electron chi connectivity index (χ1n) is 11.1. The maximum absolute atomic E-state index is 13.2. The van der Waals surface area contributed by atoms with Crippen LogP contribution in [0.4, 0.5) is 0 Å². The van der Waals surface area contributed by atoms with Crippen LogP contribution in [0.5, 0.6) is 5.75 Å². The smallest absolute Gasteiger partial charge is 0.276 e. The van der Waals surface area contributed by atoms with Gasteiger partial charge in [-0.15, -0.1) is 0 Å². The lowest BCUT2D eigenvalue weighted by Gasteiger charge is -2.34. The summed E-state index contributed by atoms with van der Waals surface area (Å²) in [5, 5.41) is 4.08. The molecule has 1 fully saturated rings. The van der Waals surface area contributed by atoms with Crippen molar-refractivity contribution in [2.45, 2.75) is 40.8 Å². The Morgan fingerprint density at radius 1 is 1.00 bits per heavy atom. The number of carbonyl (C=O) groups is 1. The molecule has 1 amide bonds. The van der Waals surface area contributed by atoms with E-state index in [1.165, 1.54) is 16.7 Å². The fraction of sp³-hybridized carbons (Fsp3) is 0.385. The lowest BCUT2D eigenvalue weighted by Crippen LogP contribution is -2.48.